The average Bonchev–Trinajstić information content (AvgIpc) is 2.63. The van der Waals surface area contributed by atoms with E-state index in [-0.39, 0.29) is 17.0 Å². The molecule has 0 heterocycles. The van der Waals surface area contributed by atoms with E-state index in [1.807, 2.05) is 32.0 Å². The van der Waals surface area contributed by atoms with Gasteiger partial charge in [-0.15, -0.1) is 0 Å². The Balaban J connectivity index is 2.14. The molecule has 1 aromatic rings. The first kappa shape index (κ1) is 22.1. The third kappa shape index (κ3) is 5.66. The fourth-order valence-electron chi connectivity index (χ4n) is 3.80. The molecule has 0 aromatic heterocycles. The van der Waals surface area contributed by atoms with Gasteiger partial charge in [0.2, 0.25) is 0 Å². The van der Waals surface area contributed by atoms with Gasteiger partial charge >= 0.3 is 0 Å². The molecule has 1 aromatic carbocycles. The van der Waals surface area contributed by atoms with Gasteiger partial charge in [0.15, 0.2) is 11.5 Å². The summed E-state index contributed by atoms with van der Waals surface area (Å²) < 4.78 is 10.6. The molecule has 0 amide bonds. The van der Waals surface area contributed by atoms with Crippen molar-refractivity contribution in [2.75, 3.05) is 20.8 Å². The van der Waals surface area contributed by atoms with Crippen LogP contribution in [0.5, 0.6) is 11.5 Å². The second kappa shape index (κ2) is 9.85. The maximum absolute atomic E-state index is 12.7. The van der Waals surface area contributed by atoms with Crippen molar-refractivity contribution in [2.45, 2.75) is 59.3 Å². The summed E-state index contributed by atoms with van der Waals surface area (Å²) in [5.74, 6) is 0.809. The molecule has 0 spiro atoms. The quantitative estimate of drug-likeness (QED) is 0.464. The van der Waals surface area contributed by atoms with E-state index in [1.54, 1.807) is 14.2 Å². The molecule has 0 N–H and O–H groups in total. The first-order valence-corrected chi connectivity index (χ1v) is 10.1. The molecule has 154 valence electrons. The van der Waals surface area contributed by atoms with Crippen LogP contribution in [0.25, 0.3) is 0 Å². The number of unbranched alkanes of at least 4 members (excludes halogenated alkanes) is 1. The minimum Gasteiger partial charge on any atom is -0.493 e. The molecule has 5 heteroatoms. The van der Waals surface area contributed by atoms with Crippen LogP contribution in [0.4, 0.5) is 0 Å². The zero-order valence-electron chi connectivity index (χ0n) is 17.8. The van der Waals surface area contributed by atoms with Crippen molar-refractivity contribution in [2.24, 2.45) is 16.3 Å². The Morgan fingerprint density at radius 1 is 1.11 bits per heavy atom. The van der Waals surface area contributed by atoms with Gasteiger partial charge in [0.1, 0.15) is 17.5 Å². The van der Waals surface area contributed by atoms with Crippen molar-refractivity contribution in [1.29, 1.82) is 0 Å². The summed E-state index contributed by atoms with van der Waals surface area (Å²) in [6.45, 7) is 6.63. The first-order valence-electron chi connectivity index (χ1n) is 10.1. The molecule has 0 radical (unpaired) electrons. The summed E-state index contributed by atoms with van der Waals surface area (Å²) in [4.78, 5) is 30.1. The lowest BCUT2D eigenvalue weighted by Gasteiger charge is -2.32. The number of ether oxygens (including phenoxy) is 2. The summed E-state index contributed by atoms with van der Waals surface area (Å²) in [6, 6.07) is 5.81. The third-order valence-electron chi connectivity index (χ3n) is 5.23. The van der Waals surface area contributed by atoms with Gasteiger partial charge in [-0.3, -0.25) is 14.6 Å². The number of methoxy groups -OCH3 is 2. The lowest BCUT2D eigenvalue weighted by Crippen LogP contribution is -2.42. The molecule has 0 aliphatic heterocycles. The molecule has 28 heavy (non-hydrogen) atoms. The smallest absolute Gasteiger partial charge is 0.160 e. The number of aliphatic imine (C=N–C) groups is 1. The Bertz CT molecular complexity index is 716. The second-order valence-electron chi connectivity index (χ2n) is 8.30. The number of rotatable bonds is 9. The van der Waals surface area contributed by atoms with Gasteiger partial charge in [-0.2, -0.15) is 0 Å². The van der Waals surface area contributed by atoms with Crippen LogP contribution < -0.4 is 9.47 Å². The predicted molar refractivity (Wildman–Crippen MR) is 112 cm³/mol. The Labute approximate surface area is 168 Å². The fraction of sp³-hybridized carbons (Fsp3) is 0.609. The van der Waals surface area contributed by atoms with Gasteiger partial charge in [-0.05, 0) is 42.4 Å². The van der Waals surface area contributed by atoms with E-state index < -0.39 is 5.92 Å². The standard InChI is InChI=1S/C23H33NO4/c1-6-7-8-17(22-18(25)14-23(2,3)15-19(22)26)24-12-11-16-9-10-20(27-4)21(13-16)28-5/h9-10,13,22H,6-8,11-12,14-15H2,1-5H3. The van der Waals surface area contributed by atoms with Crippen LogP contribution in [0.1, 0.15) is 58.4 Å². The molecular weight excluding hydrogens is 354 g/mol. The van der Waals surface area contributed by atoms with Crippen LogP contribution in [0.3, 0.4) is 0 Å². The van der Waals surface area contributed by atoms with Crippen LogP contribution in [0, 0.1) is 11.3 Å². The molecule has 0 saturated heterocycles. The summed E-state index contributed by atoms with van der Waals surface area (Å²) in [5.41, 5.74) is 1.62. The van der Waals surface area contributed by atoms with Gasteiger partial charge in [0, 0.05) is 25.1 Å². The van der Waals surface area contributed by atoms with E-state index in [9.17, 15) is 9.59 Å². The Morgan fingerprint density at radius 3 is 2.32 bits per heavy atom. The number of carbonyl (C=O) groups excluding carboxylic acids is 2. The van der Waals surface area contributed by atoms with Crippen LogP contribution in [0.2, 0.25) is 0 Å². The molecule has 0 bridgehead atoms. The van der Waals surface area contributed by atoms with E-state index in [4.69, 9.17) is 14.5 Å². The maximum atomic E-state index is 12.7. The van der Waals surface area contributed by atoms with E-state index in [2.05, 4.69) is 6.92 Å². The summed E-state index contributed by atoms with van der Waals surface area (Å²) >= 11 is 0. The minimum atomic E-state index is -0.634. The summed E-state index contributed by atoms with van der Waals surface area (Å²) in [7, 11) is 3.23. The van der Waals surface area contributed by atoms with E-state index >= 15 is 0 Å². The highest BCUT2D eigenvalue weighted by Crippen LogP contribution is 2.35. The summed E-state index contributed by atoms with van der Waals surface area (Å²) in [5, 5.41) is 0. The molecule has 1 fully saturated rings. The molecule has 2 rings (SSSR count). The van der Waals surface area contributed by atoms with Gasteiger partial charge in [-0.25, -0.2) is 0 Å². The second-order valence-corrected chi connectivity index (χ2v) is 8.30. The normalized spacial score (nSPS) is 17.7. The molecular formula is C23H33NO4. The van der Waals surface area contributed by atoms with Crippen molar-refractivity contribution in [1.82, 2.24) is 0 Å². The number of nitrogens with zero attached hydrogens (tertiary/aromatic N) is 1. The van der Waals surface area contributed by atoms with Crippen LogP contribution in [0.15, 0.2) is 23.2 Å². The topological polar surface area (TPSA) is 65.0 Å². The number of Topliss-reactive ketones (excluding diaryl/α,β-unsaturated/α-hetero) is 2. The largest absolute Gasteiger partial charge is 0.493 e. The Kier molecular flexibility index (Phi) is 7.78. The van der Waals surface area contributed by atoms with Crippen LogP contribution >= 0.6 is 0 Å². The lowest BCUT2D eigenvalue weighted by atomic mass is 9.69. The van der Waals surface area contributed by atoms with Crippen LogP contribution in [-0.4, -0.2) is 38.0 Å². The highest BCUT2D eigenvalue weighted by atomic mass is 16.5. The molecule has 0 atom stereocenters. The number of benzene rings is 1. The SMILES string of the molecule is CCCCC(=NCCc1ccc(OC)c(OC)c1)C1C(=O)CC(C)(C)CC1=O. The van der Waals surface area contributed by atoms with Gasteiger partial charge in [0.25, 0.3) is 0 Å². The third-order valence-corrected chi connectivity index (χ3v) is 5.23. The van der Waals surface area contributed by atoms with Gasteiger partial charge in [0.05, 0.1) is 14.2 Å². The Hall–Kier alpha value is -2.17. The molecule has 1 saturated carbocycles. The highest BCUT2D eigenvalue weighted by Gasteiger charge is 2.41. The van der Waals surface area contributed by atoms with Crippen LogP contribution in [-0.2, 0) is 16.0 Å². The number of hydrogen-bond donors (Lipinski definition) is 0. The molecule has 1 aliphatic rings. The minimum absolute atomic E-state index is 0.0298. The zero-order valence-corrected chi connectivity index (χ0v) is 17.8. The number of ketones is 2. The first-order chi connectivity index (χ1) is 13.3. The van der Waals surface area contributed by atoms with Gasteiger partial charge in [-0.1, -0.05) is 33.3 Å². The molecule has 5 nitrogen and oxygen atoms in total. The lowest BCUT2D eigenvalue weighted by molar-refractivity contribution is -0.136. The van der Waals surface area contributed by atoms with Gasteiger partial charge < -0.3 is 9.47 Å². The van der Waals surface area contributed by atoms with E-state index in [0.29, 0.717) is 37.3 Å². The fourth-order valence-corrected chi connectivity index (χ4v) is 3.80. The van der Waals surface area contributed by atoms with Crippen molar-refractivity contribution in [3.63, 3.8) is 0 Å². The summed E-state index contributed by atoms with van der Waals surface area (Å²) in [6.07, 6.45) is 4.28. The van der Waals surface area contributed by atoms with Crippen molar-refractivity contribution < 1.29 is 19.1 Å². The maximum Gasteiger partial charge on any atom is 0.160 e. The Morgan fingerprint density at radius 2 is 1.75 bits per heavy atom. The number of carbonyl (C=O) groups is 2. The predicted octanol–water partition coefficient (Wildman–Crippen LogP) is 4.45. The zero-order chi connectivity index (χ0) is 20.7. The van der Waals surface area contributed by atoms with E-state index in [0.717, 1.165) is 30.5 Å². The highest BCUT2D eigenvalue weighted by molar-refractivity contribution is 6.22. The van der Waals surface area contributed by atoms with Crippen molar-refractivity contribution >= 4 is 17.3 Å². The monoisotopic (exact) mass is 387 g/mol. The van der Waals surface area contributed by atoms with Crippen molar-refractivity contribution in [3.8, 4) is 11.5 Å². The van der Waals surface area contributed by atoms with Crippen molar-refractivity contribution in [3.05, 3.63) is 23.8 Å². The average molecular weight is 388 g/mol. The molecule has 0 unspecified atom stereocenters. The van der Waals surface area contributed by atoms with E-state index in [1.165, 1.54) is 0 Å². The molecule has 1 aliphatic carbocycles. The number of hydrogen-bond acceptors (Lipinski definition) is 5.